The fraction of sp³-hybridized carbons (Fsp3) is 0.909. The van der Waals surface area contributed by atoms with Crippen molar-refractivity contribution in [3.05, 3.63) is 0 Å². The highest BCUT2D eigenvalue weighted by atomic mass is 19.4. The van der Waals surface area contributed by atoms with Crippen LogP contribution in [0.15, 0.2) is 0 Å². The molecule has 0 aromatic heterocycles. The van der Waals surface area contributed by atoms with Crippen LogP contribution in [0.2, 0.25) is 0 Å². The number of hydrogen-bond donors (Lipinski definition) is 2. The van der Waals surface area contributed by atoms with Crippen LogP contribution in [0.25, 0.3) is 0 Å². The number of halogens is 3. The maximum absolute atomic E-state index is 12.6. The predicted octanol–water partition coefficient (Wildman–Crippen LogP) is 1.71. The van der Waals surface area contributed by atoms with Gasteiger partial charge in [0.05, 0.1) is 11.5 Å². The summed E-state index contributed by atoms with van der Waals surface area (Å²) in [4.78, 5) is 11.2. The van der Waals surface area contributed by atoms with Gasteiger partial charge >= 0.3 is 6.18 Å². The van der Waals surface area contributed by atoms with E-state index in [9.17, 15) is 18.0 Å². The number of primary amides is 1. The highest BCUT2D eigenvalue weighted by Crippen LogP contribution is 2.41. The highest BCUT2D eigenvalue weighted by molar-refractivity contribution is 5.87. The molecule has 3 N–H and O–H groups in total. The average Bonchev–Trinajstić information content (AvgIpc) is 2.98. The minimum absolute atomic E-state index is 0.0680. The van der Waals surface area contributed by atoms with Crippen LogP contribution in [0, 0.1) is 5.92 Å². The Morgan fingerprint density at radius 2 is 1.94 bits per heavy atom. The molecule has 0 radical (unpaired) electrons. The van der Waals surface area contributed by atoms with E-state index < -0.39 is 23.5 Å². The van der Waals surface area contributed by atoms with E-state index in [4.69, 9.17) is 5.73 Å². The van der Waals surface area contributed by atoms with Crippen LogP contribution >= 0.6 is 0 Å². The van der Waals surface area contributed by atoms with Gasteiger partial charge in [-0.1, -0.05) is 6.42 Å². The zero-order valence-corrected chi connectivity index (χ0v) is 9.52. The Labute approximate surface area is 97.9 Å². The van der Waals surface area contributed by atoms with Crippen molar-refractivity contribution in [1.82, 2.24) is 5.32 Å². The van der Waals surface area contributed by atoms with Crippen molar-refractivity contribution in [3.63, 3.8) is 0 Å². The summed E-state index contributed by atoms with van der Waals surface area (Å²) in [6.45, 7) is 0. The molecule has 17 heavy (non-hydrogen) atoms. The van der Waals surface area contributed by atoms with Crippen LogP contribution in [0.4, 0.5) is 13.2 Å². The third kappa shape index (κ3) is 2.73. The fourth-order valence-corrected chi connectivity index (χ4v) is 2.60. The Balaban J connectivity index is 1.92. The second-order valence-corrected chi connectivity index (χ2v) is 5.19. The average molecular weight is 250 g/mol. The molecule has 0 aliphatic heterocycles. The summed E-state index contributed by atoms with van der Waals surface area (Å²) in [5, 5.41) is 3.03. The number of alkyl halides is 3. The third-order valence-electron chi connectivity index (χ3n) is 3.84. The van der Waals surface area contributed by atoms with Crippen LogP contribution in [-0.2, 0) is 4.79 Å². The van der Waals surface area contributed by atoms with Crippen molar-refractivity contribution in [2.24, 2.45) is 11.7 Å². The van der Waals surface area contributed by atoms with Crippen LogP contribution in [0.1, 0.15) is 38.5 Å². The quantitative estimate of drug-likeness (QED) is 0.801. The Bertz CT molecular complexity index is 312. The molecule has 0 aromatic rings. The molecule has 0 unspecified atom stereocenters. The highest BCUT2D eigenvalue weighted by Gasteiger charge is 2.51. The summed E-state index contributed by atoms with van der Waals surface area (Å²) in [6, 6.07) is -0.231. The van der Waals surface area contributed by atoms with Crippen LogP contribution in [-0.4, -0.2) is 23.7 Å². The first kappa shape index (κ1) is 12.7. The second kappa shape index (κ2) is 4.15. The second-order valence-electron chi connectivity index (χ2n) is 5.19. The molecule has 2 aliphatic rings. The topological polar surface area (TPSA) is 55.1 Å². The van der Waals surface area contributed by atoms with Gasteiger partial charge in [-0.2, -0.15) is 13.2 Å². The lowest BCUT2D eigenvalue weighted by molar-refractivity contribution is -0.183. The molecule has 0 bridgehead atoms. The fourth-order valence-electron chi connectivity index (χ4n) is 2.60. The van der Waals surface area contributed by atoms with Gasteiger partial charge in [0.15, 0.2) is 0 Å². The van der Waals surface area contributed by atoms with Crippen LogP contribution in [0.5, 0.6) is 0 Å². The Morgan fingerprint density at radius 1 is 1.29 bits per heavy atom. The van der Waals surface area contributed by atoms with Crippen molar-refractivity contribution in [2.45, 2.75) is 56.3 Å². The molecule has 2 fully saturated rings. The molecule has 0 heterocycles. The Kier molecular flexibility index (Phi) is 3.10. The van der Waals surface area contributed by atoms with E-state index in [0.717, 1.165) is 0 Å². The molecule has 1 amide bonds. The van der Waals surface area contributed by atoms with E-state index in [0.29, 0.717) is 25.7 Å². The maximum Gasteiger partial charge on any atom is 0.391 e. The molecule has 3 nitrogen and oxygen atoms in total. The van der Waals surface area contributed by atoms with Gasteiger partial charge in [-0.25, -0.2) is 0 Å². The maximum atomic E-state index is 12.6. The Morgan fingerprint density at radius 3 is 2.41 bits per heavy atom. The van der Waals surface area contributed by atoms with Crippen molar-refractivity contribution in [1.29, 1.82) is 0 Å². The molecule has 6 heteroatoms. The zero-order chi connectivity index (χ0) is 12.7. The number of carbonyl (C=O) groups is 1. The minimum atomic E-state index is -4.12. The van der Waals surface area contributed by atoms with Gasteiger partial charge in [-0.3, -0.25) is 4.79 Å². The molecule has 98 valence electrons. The summed E-state index contributed by atoms with van der Waals surface area (Å²) >= 11 is 0. The van der Waals surface area contributed by atoms with Gasteiger partial charge in [-0.15, -0.1) is 0 Å². The van der Waals surface area contributed by atoms with Gasteiger partial charge in [0.25, 0.3) is 0 Å². The number of rotatable bonds is 3. The molecular weight excluding hydrogens is 233 g/mol. The number of carbonyl (C=O) groups excluding carboxylic acids is 1. The van der Waals surface area contributed by atoms with E-state index in [-0.39, 0.29) is 18.9 Å². The standard InChI is InChI=1S/C11H17F3N2O/c12-11(13,14)7-2-1-3-8(6-7)16-10(4-5-10)9(15)17/h7-8,16H,1-6H2,(H2,15,17)/t7-,8-/m0/s1. The van der Waals surface area contributed by atoms with Crippen LogP contribution in [0.3, 0.4) is 0 Å². The summed E-state index contributed by atoms with van der Waals surface area (Å²) in [6.07, 6.45) is -1.31. The summed E-state index contributed by atoms with van der Waals surface area (Å²) < 4.78 is 37.8. The molecule has 2 atom stereocenters. The lowest BCUT2D eigenvalue weighted by Crippen LogP contribution is -2.50. The van der Waals surface area contributed by atoms with Gasteiger partial charge in [-0.05, 0) is 32.1 Å². The van der Waals surface area contributed by atoms with E-state index in [1.54, 1.807) is 0 Å². The minimum Gasteiger partial charge on any atom is -0.368 e. The number of nitrogens with one attached hydrogen (secondary N) is 1. The monoisotopic (exact) mass is 250 g/mol. The summed E-state index contributed by atoms with van der Waals surface area (Å²) in [5.74, 6) is -1.68. The molecular formula is C11H17F3N2O. The van der Waals surface area contributed by atoms with E-state index in [2.05, 4.69) is 5.32 Å². The van der Waals surface area contributed by atoms with Crippen LogP contribution < -0.4 is 11.1 Å². The zero-order valence-electron chi connectivity index (χ0n) is 9.52. The summed E-state index contributed by atoms with van der Waals surface area (Å²) in [7, 11) is 0. The predicted molar refractivity (Wildman–Crippen MR) is 56.1 cm³/mol. The van der Waals surface area contributed by atoms with E-state index >= 15 is 0 Å². The normalized spacial score (nSPS) is 32.2. The molecule has 0 aromatic carbocycles. The molecule has 2 saturated carbocycles. The van der Waals surface area contributed by atoms with Crippen molar-refractivity contribution < 1.29 is 18.0 Å². The first-order valence-electron chi connectivity index (χ1n) is 5.98. The van der Waals surface area contributed by atoms with E-state index in [1.165, 1.54) is 0 Å². The van der Waals surface area contributed by atoms with E-state index in [1.807, 2.05) is 0 Å². The SMILES string of the molecule is NC(=O)C1(N[C@H]2CCC[C@H](C(F)(F)F)C2)CC1. The first-order chi connectivity index (χ1) is 7.83. The summed E-state index contributed by atoms with van der Waals surface area (Å²) in [5.41, 5.74) is 4.54. The number of nitrogens with two attached hydrogens (primary N) is 1. The lowest BCUT2D eigenvalue weighted by atomic mass is 9.85. The van der Waals surface area contributed by atoms with Crippen molar-refractivity contribution >= 4 is 5.91 Å². The van der Waals surface area contributed by atoms with Gasteiger partial charge in [0, 0.05) is 6.04 Å². The van der Waals surface area contributed by atoms with Crippen molar-refractivity contribution in [2.75, 3.05) is 0 Å². The van der Waals surface area contributed by atoms with Crippen molar-refractivity contribution in [3.8, 4) is 0 Å². The lowest BCUT2D eigenvalue weighted by Gasteiger charge is -2.33. The first-order valence-corrected chi connectivity index (χ1v) is 5.98. The third-order valence-corrected chi connectivity index (χ3v) is 3.84. The largest absolute Gasteiger partial charge is 0.391 e. The molecule has 0 saturated heterocycles. The number of amides is 1. The Hall–Kier alpha value is -0.780. The molecule has 0 spiro atoms. The number of hydrogen-bond acceptors (Lipinski definition) is 2. The molecule has 2 rings (SSSR count). The van der Waals surface area contributed by atoms with Gasteiger partial charge in [0.2, 0.25) is 5.91 Å². The van der Waals surface area contributed by atoms with Gasteiger partial charge < -0.3 is 11.1 Å². The molecule has 2 aliphatic carbocycles. The smallest absolute Gasteiger partial charge is 0.368 e. The van der Waals surface area contributed by atoms with Gasteiger partial charge in [0.1, 0.15) is 0 Å².